The molecule has 29 heavy (non-hydrogen) atoms. The Kier molecular flexibility index (Phi) is 5.11. The van der Waals surface area contributed by atoms with Crippen LogP contribution in [0.3, 0.4) is 0 Å². The summed E-state index contributed by atoms with van der Waals surface area (Å²) in [6, 6.07) is 4.89. The molecule has 2 amide bonds. The largest absolute Gasteiger partial charge is 0.348 e. The molecule has 4 rings (SSSR count). The fourth-order valence-corrected chi connectivity index (χ4v) is 4.16. The quantitative estimate of drug-likeness (QED) is 0.799. The maximum Gasteiger partial charge on any atom is 0.253 e. The number of hydrogen-bond acceptors (Lipinski definition) is 6. The molecule has 1 N–H and O–H groups in total. The van der Waals surface area contributed by atoms with E-state index in [1.807, 2.05) is 27.7 Å². The Morgan fingerprint density at radius 1 is 1.14 bits per heavy atom. The van der Waals surface area contributed by atoms with Crippen LogP contribution in [0.1, 0.15) is 38.1 Å². The van der Waals surface area contributed by atoms with E-state index in [-0.39, 0.29) is 31.0 Å². The summed E-state index contributed by atoms with van der Waals surface area (Å²) in [5.74, 6) is -2.12. The van der Waals surface area contributed by atoms with Gasteiger partial charge in [0.2, 0.25) is 5.91 Å². The van der Waals surface area contributed by atoms with Crippen molar-refractivity contribution in [3.8, 4) is 0 Å². The normalized spacial score (nSPS) is 30.8. The third-order valence-electron chi connectivity index (χ3n) is 5.18. The fourth-order valence-electron chi connectivity index (χ4n) is 3.98. The fraction of sp³-hybridized carbons (Fsp3) is 0.600. The number of rotatable bonds is 3. The zero-order chi connectivity index (χ0) is 21.0. The third kappa shape index (κ3) is 4.13. The lowest BCUT2D eigenvalue weighted by Gasteiger charge is -2.29. The molecule has 3 aliphatic heterocycles. The lowest BCUT2D eigenvalue weighted by atomic mass is 10.1. The molecule has 0 aromatic heterocycles. The van der Waals surface area contributed by atoms with Crippen molar-refractivity contribution in [2.75, 3.05) is 24.6 Å². The van der Waals surface area contributed by atoms with Crippen LogP contribution in [0.5, 0.6) is 0 Å². The molecule has 2 saturated heterocycles. The van der Waals surface area contributed by atoms with Crippen molar-refractivity contribution in [2.45, 2.75) is 57.6 Å². The van der Waals surface area contributed by atoms with Gasteiger partial charge in [-0.3, -0.25) is 9.59 Å². The molecule has 1 aromatic carbocycles. The summed E-state index contributed by atoms with van der Waals surface area (Å²) in [5, 5.41) is 3.04. The standard InChI is InChI=1S/C20H25ClN2O6/c1-19(2)26-10-15(28-19)17-14(27-20(3,4)29-17)9-23-13-6-5-11(21)7-12(13)18(25)22-8-16(23)24/h5-7,14-15,17H,8-10H2,1-4H3,(H,22,25)/t14-,15+,17+/m0/s1. The maximum absolute atomic E-state index is 12.8. The summed E-state index contributed by atoms with van der Waals surface area (Å²) in [5.41, 5.74) is 0.838. The molecule has 0 saturated carbocycles. The predicted octanol–water partition coefficient (Wildman–Crippen LogP) is 2.09. The Morgan fingerprint density at radius 2 is 1.90 bits per heavy atom. The molecule has 1 aromatic rings. The zero-order valence-corrected chi connectivity index (χ0v) is 17.6. The van der Waals surface area contributed by atoms with Crippen LogP contribution < -0.4 is 10.2 Å². The molecule has 0 unspecified atom stereocenters. The van der Waals surface area contributed by atoms with Crippen LogP contribution in [0.4, 0.5) is 5.69 Å². The second-order valence-electron chi connectivity index (χ2n) is 8.35. The van der Waals surface area contributed by atoms with Crippen LogP contribution >= 0.6 is 11.6 Å². The monoisotopic (exact) mass is 424 g/mol. The number of hydrogen-bond donors (Lipinski definition) is 1. The first-order chi connectivity index (χ1) is 13.5. The Labute approximate surface area is 174 Å². The molecule has 0 bridgehead atoms. The Balaban J connectivity index is 1.63. The summed E-state index contributed by atoms with van der Waals surface area (Å²) < 4.78 is 23.9. The van der Waals surface area contributed by atoms with Crippen molar-refractivity contribution in [2.24, 2.45) is 0 Å². The number of anilines is 1. The van der Waals surface area contributed by atoms with Gasteiger partial charge in [-0.2, -0.15) is 0 Å². The number of carbonyl (C=O) groups is 2. The molecule has 158 valence electrons. The van der Waals surface area contributed by atoms with E-state index in [1.165, 1.54) is 0 Å². The number of fused-ring (bicyclic) bond motifs is 1. The van der Waals surface area contributed by atoms with Crippen LogP contribution in [-0.4, -0.2) is 61.4 Å². The van der Waals surface area contributed by atoms with Gasteiger partial charge in [-0.15, -0.1) is 0 Å². The Morgan fingerprint density at radius 3 is 2.59 bits per heavy atom. The summed E-state index contributed by atoms with van der Waals surface area (Å²) in [7, 11) is 0. The van der Waals surface area contributed by atoms with E-state index in [1.54, 1.807) is 23.1 Å². The summed E-state index contributed by atoms with van der Waals surface area (Å²) in [4.78, 5) is 26.8. The zero-order valence-electron chi connectivity index (χ0n) is 16.9. The van der Waals surface area contributed by atoms with Crippen molar-refractivity contribution >= 4 is 29.1 Å². The van der Waals surface area contributed by atoms with Gasteiger partial charge in [0, 0.05) is 5.02 Å². The first-order valence-electron chi connectivity index (χ1n) is 9.60. The van der Waals surface area contributed by atoms with E-state index < -0.39 is 23.8 Å². The minimum Gasteiger partial charge on any atom is -0.348 e. The van der Waals surface area contributed by atoms with E-state index in [0.29, 0.717) is 22.9 Å². The topological polar surface area (TPSA) is 86.3 Å². The Bertz CT molecular complexity index is 842. The van der Waals surface area contributed by atoms with E-state index >= 15 is 0 Å². The van der Waals surface area contributed by atoms with Gasteiger partial charge in [0.25, 0.3) is 5.91 Å². The average molecular weight is 425 g/mol. The minimum absolute atomic E-state index is 0.108. The number of nitrogens with one attached hydrogen (secondary N) is 1. The molecule has 8 nitrogen and oxygen atoms in total. The van der Waals surface area contributed by atoms with Crippen LogP contribution in [0.2, 0.25) is 5.02 Å². The van der Waals surface area contributed by atoms with E-state index in [9.17, 15) is 9.59 Å². The molecule has 3 heterocycles. The SMILES string of the molecule is CC1(C)O[C@@H]([C@H]2COC(C)(C)O2)[C@H](CN2C(=O)CNC(=O)c3cc(Cl)ccc32)O1. The second kappa shape index (κ2) is 7.21. The number of carbonyl (C=O) groups excluding carboxylic acids is 2. The molecule has 9 heteroatoms. The number of benzene rings is 1. The minimum atomic E-state index is -0.836. The van der Waals surface area contributed by atoms with Gasteiger partial charge < -0.3 is 29.2 Å². The summed E-state index contributed by atoms with van der Waals surface area (Å²) >= 11 is 6.06. The predicted molar refractivity (Wildman–Crippen MR) is 105 cm³/mol. The highest BCUT2D eigenvalue weighted by atomic mass is 35.5. The summed E-state index contributed by atoms with van der Waals surface area (Å²) in [6.07, 6.45) is -1.22. The first kappa shape index (κ1) is 20.6. The van der Waals surface area contributed by atoms with Crippen LogP contribution in [-0.2, 0) is 23.7 Å². The molecule has 3 aliphatic rings. The molecular weight excluding hydrogens is 400 g/mol. The lowest BCUT2D eigenvalue weighted by Crippen LogP contribution is -2.47. The van der Waals surface area contributed by atoms with Gasteiger partial charge in [-0.25, -0.2) is 0 Å². The van der Waals surface area contributed by atoms with Crippen molar-refractivity contribution in [3.05, 3.63) is 28.8 Å². The van der Waals surface area contributed by atoms with Crippen LogP contribution in [0.15, 0.2) is 18.2 Å². The van der Waals surface area contributed by atoms with Crippen LogP contribution in [0, 0.1) is 0 Å². The highest BCUT2D eigenvalue weighted by Crippen LogP contribution is 2.37. The highest BCUT2D eigenvalue weighted by Gasteiger charge is 2.50. The van der Waals surface area contributed by atoms with Gasteiger partial charge in [-0.1, -0.05) is 11.6 Å². The molecule has 0 aliphatic carbocycles. The van der Waals surface area contributed by atoms with Gasteiger partial charge >= 0.3 is 0 Å². The average Bonchev–Trinajstić information content (AvgIpc) is 3.11. The van der Waals surface area contributed by atoms with Gasteiger partial charge in [0.1, 0.15) is 18.3 Å². The van der Waals surface area contributed by atoms with E-state index in [0.717, 1.165) is 0 Å². The molecule has 0 spiro atoms. The highest BCUT2D eigenvalue weighted by molar-refractivity contribution is 6.31. The molecular formula is C20H25ClN2O6. The summed E-state index contributed by atoms with van der Waals surface area (Å²) in [6.45, 7) is 7.80. The number of amides is 2. The van der Waals surface area contributed by atoms with Crippen molar-refractivity contribution in [1.29, 1.82) is 0 Å². The number of halogens is 1. The second-order valence-corrected chi connectivity index (χ2v) is 8.79. The van der Waals surface area contributed by atoms with Gasteiger partial charge in [0.05, 0.1) is 30.9 Å². The Hall–Kier alpha value is -1.71. The van der Waals surface area contributed by atoms with Crippen molar-refractivity contribution in [3.63, 3.8) is 0 Å². The van der Waals surface area contributed by atoms with Crippen LogP contribution in [0.25, 0.3) is 0 Å². The van der Waals surface area contributed by atoms with Crippen molar-refractivity contribution in [1.82, 2.24) is 5.32 Å². The molecule has 2 fully saturated rings. The number of ether oxygens (including phenoxy) is 4. The molecule has 0 radical (unpaired) electrons. The van der Waals surface area contributed by atoms with E-state index in [4.69, 9.17) is 30.5 Å². The first-order valence-corrected chi connectivity index (χ1v) is 9.98. The lowest BCUT2D eigenvalue weighted by molar-refractivity contribution is -0.174. The third-order valence-corrected chi connectivity index (χ3v) is 5.41. The van der Waals surface area contributed by atoms with E-state index in [2.05, 4.69) is 5.32 Å². The maximum atomic E-state index is 12.8. The van der Waals surface area contributed by atoms with Crippen molar-refractivity contribution < 1.29 is 28.5 Å². The number of nitrogens with zero attached hydrogens (tertiary/aromatic N) is 1. The smallest absolute Gasteiger partial charge is 0.253 e. The van der Waals surface area contributed by atoms with Gasteiger partial charge in [0.15, 0.2) is 11.6 Å². The molecule has 3 atom stereocenters. The van der Waals surface area contributed by atoms with Gasteiger partial charge in [-0.05, 0) is 45.9 Å².